The zero-order valence-corrected chi connectivity index (χ0v) is 13.2. The van der Waals surface area contributed by atoms with Crippen LogP contribution in [0.15, 0.2) is 30.3 Å². The number of carbonyl (C=O) groups excluding carboxylic acids is 1. The maximum Gasteiger partial charge on any atom is 0.319 e. The molecule has 0 saturated carbocycles. The SMILES string of the molecule is CC(I)C(=O)OC1(c2ccccc2)CN2CCC1C2. The second-order valence-electron chi connectivity index (χ2n) is 5.51. The first-order valence-electron chi connectivity index (χ1n) is 6.76. The maximum atomic E-state index is 12.1. The molecule has 4 atom stereocenters. The summed E-state index contributed by atoms with van der Waals surface area (Å²) in [5.41, 5.74) is 0.725. The van der Waals surface area contributed by atoms with Crippen molar-refractivity contribution in [1.29, 1.82) is 0 Å². The number of piperidine rings is 1. The molecule has 2 heterocycles. The minimum Gasteiger partial charge on any atom is -0.452 e. The number of rotatable bonds is 3. The fourth-order valence-corrected chi connectivity index (χ4v) is 3.43. The highest BCUT2D eigenvalue weighted by Crippen LogP contribution is 2.46. The Hall–Kier alpha value is -0.620. The van der Waals surface area contributed by atoms with E-state index in [1.165, 1.54) is 0 Å². The van der Waals surface area contributed by atoms with Crippen LogP contribution >= 0.6 is 22.6 Å². The van der Waals surface area contributed by atoms with Crippen molar-refractivity contribution < 1.29 is 9.53 Å². The molecule has 0 aromatic heterocycles. The molecule has 0 N–H and O–H groups in total. The topological polar surface area (TPSA) is 29.5 Å². The van der Waals surface area contributed by atoms with Gasteiger partial charge in [0, 0.05) is 19.0 Å². The summed E-state index contributed by atoms with van der Waals surface area (Å²) in [6, 6.07) is 10.2. The Morgan fingerprint density at radius 3 is 2.74 bits per heavy atom. The molecule has 4 unspecified atom stereocenters. The van der Waals surface area contributed by atoms with Crippen molar-refractivity contribution in [3.63, 3.8) is 0 Å². The Labute approximate surface area is 127 Å². The molecule has 0 amide bonds. The predicted octanol–water partition coefficient (Wildman–Crippen LogP) is 2.58. The van der Waals surface area contributed by atoms with E-state index in [1.54, 1.807) is 0 Å². The average molecular weight is 371 g/mol. The highest BCUT2D eigenvalue weighted by atomic mass is 127. The normalized spacial score (nSPS) is 34.2. The van der Waals surface area contributed by atoms with Crippen molar-refractivity contribution in [1.82, 2.24) is 4.90 Å². The van der Waals surface area contributed by atoms with Gasteiger partial charge in [-0.05, 0) is 25.5 Å². The van der Waals surface area contributed by atoms with Crippen molar-refractivity contribution in [3.05, 3.63) is 35.9 Å². The summed E-state index contributed by atoms with van der Waals surface area (Å²) in [5, 5.41) is 0. The number of ether oxygens (including phenoxy) is 1. The quantitative estimate of drug-likeness (QED) is 0.465. The number of alkyl halides is 1. The van der Waals surface area contributed by atoms with Crippen LogP contribution in [-0.2, 0) is 15.1 Å². The number of carbonyl (C=O) groups is 1. The summed E-state index contributed by atoms with van der Waals surface area (Å²) < 4.78 is 5.89. The standard InChI is InChI=1S/C15H18INO2/c1-11(16)14(18)19-15(12-5-3-2-4-6-12)10-17-8-7-13(15)9-17/h2-6,11,13H,7-10H2,1H3. The molecule has 102 valence electrons. The second kappa shape index (κ2) is 5.05. The number of benzene rings is 1. The van der Waals surface area contributed by atoms with Crippen LogP contribution in [0.4, 0.5) is 0 Å². The minimum absolute atomic E-state index is 0.0989. The van der Waals surface area contributed by atoms with E-state index in [-0.39, 0.29) is 9.89 Å². The lowest BCUT2D eigenvalue weighted by Crippen LogP contribution is -2.44. The molecule has 0 aliphatic carbocycles. The van der Waals surface area contributed by atoms with E-state index >= 15 is 0 Å². The Morgan fingerprint density at radius 1 is 1.47 bits per heavy atom. The Balaban J connectivity index is 1.95. The Kier molecular flexibility index (Phi) is 3.55. The smallest absolute Gasteiger partial charge is 0.319 e. The summed E-state index contributed by atoms with van der Waals surface area (Å²) in [6.07, 6.45) is 1.12. The zero-order chi connectivity index (χ0) is 13.5. The summed E-state index contributed by atoms with van der Waals surface area (Å²) in [7, 11) is 0. The molecule has 19 heavy (non-hydrogen) atoms. The Morgan fingerprint density at radius 2 is 2.21 bits per heavy atom. The van der Waals surface area contributed by atoms with Crippen LogP contribution < -0.4 is 0 Å². The van der Waals surface area contributed by atoms with Gasteiger partial charge < -0.3 is 4.74 Å². The number of hydrogen-bond donors (Lipinski definition) is 0. The van der Waals surface area contributed by atoms with Gasteiger partial charge in [-0.25, -0.2) is 0 Å². The highest BCUT2D eigenvalue weighted by Gasteiger charge is 2.54. The van der Waals surface area contributed by atoms with Crippen LogP contribution in [0.5, 0.6) is 0 Å². The largest absolute Gasteiger partial charge is 0.452 e. The van der Waals surface area contributed by atoms with E-state index in [1.807, 2.05) is 25.1 Å². The first kappa shape index (κ1) is 13.4. The van der Waals surface area contributed by atoms with Gasteiger partial charge in [-0.15, -0.1) is 0 Å². The third-order valence-corrected chi connectivity index (χ3v) is 4.77. The molecule has 3 nitrogen and oxygen atoms in total. The molecular formula is C15H18INO2. The lowest BCUT2D eigenvalue weighted by molar-refractivity contribution is -0.164. The minimum atomic E-state index is -0.421. The fourth-order valence-electron chi connectivity index (χ4n) is 3.30. The van der Waals surface area contributed by atoms with Gasteiger partial charge in [0.1, 0.15) is 3.92 Å². The van der Waals surface area contributed by atoms with Gasteiger partial charge in [0.2, 0.25) is 0 Å². The lowest BCUT2D eigenvalue weighted by Gasteiger charge is -2.37. The third-order valence-electron chi connectivity index (χ3n) is 4.26. The van der Waals surface area contributed by atoms with Gasteiger partial charge in [0.15, 0.2) is 5.60 Å². The summed E-state index contributed by atoms with van der Waals surface area (Å²) in [4.78, 5) is 14.5. The first-order valence-corrected chi connectivity index (χ1v) is 8.01. The molecule has 3 rings (SSSR count). The number of nitrogens with zero attached hydrogens (tertiary/aromatic N) is 1. The molecule has 2 bridgehead atoms. The van der Waals surface area contributed by atoms with Crippen molar-refractivity contribution in [3.8, 4) is 0 Å². The molecule has 2 saturated heterocycles. The van der Waals surface area contributed by atoms with Crippen molar-refractivity contribution in [2.75, 3.05) is 19.6 Å². The van der Waals surface area contributed by atoms with Crippen LogP contribution in [0.3, 0.4) is 0 Å². The van der Waals surface area contributed by atoms with Crippen molar-refractivity contribution in [2.24, 2.45) is 5.92 Å². The van der Waals surface area contributed by atoms with Gasteiger partial charge in [0.05, 0.1) is 0 Å². The summed E-state index contributed by atoms with van der Waals surface area (Å²) in [5.74, 6) is 0.340. The number of halogens is 1. The molecule has 2 aliphatic rings. The number of fused-ring (bicyclic) bond motifs is 2. The van der Waals surface area contributed by atoms with E-state index in [0.29, 0.717) is 5.92 Å². The monoisotopic (exact) mass is 371 g/mol. The summed E-state index contributed by atoms with van der Waals surface area (Å²) in [6.45, 7) is 4.92. The van der Waals surface area contributed by atoms with Crippen LogP contribution in [-0.4, -0.2) is 34.4 Å². The van der Waals surface area contributed by atoms with Crippen molar-refractivity contribution in [2.45, 2.75) is 22.9 Å². The fraction of sp³-hybridized carbons (Fsp3) is 0.533. The second-order valence-corrected chi connectivity index (χ2v) is 7.38. The average Bonchev–Trinajstić information content (AvgIpc) is 3.00. The van der Waals surface area contributed by atoms with Crippen LogP contribution in [0.25, 0.3) is 0 Å². The van der Waals surface area contributed by atoms with Gasteiger partial charge in [0.25, 0.3) is 0 Å². The van der Waals surface area contributed by atoms with E-state index in [2.05, 4.69) is 39.6 Å². The maximum absolute atomic E-state index is 12.1. The van der Waals surface area contributed by atoms with Crippen LogP contribution in [0.1, 0.15) is 18.9 Å². The zero-order valence-electron chi connectivity index (χ0n) is 11.0. The van der Waals surface area contributed by atoms with Gasteiger partial charge in [-0.1, -0.05) is 52.9 Å². The van der Waals surface area contributed by atoms with E-state index in [0.717, 1.165) is 31.6 Å². The first-order chi connectivity index (χ1) is 9.12. The van der Waals surface area contributed by atoms with Crippen molar-refractivity contribution >= 4 is 28.6 Å². The molecule has 2 aliphatic heterocycles. The van der Waals surface area contributed by atoms with E-state index in [9.17, 15) is 4.79 Å². The molecule has 1 aromatic carbocycles. The predicted molar refractivity (Wildman–Crippen MR) is 82.2 cm³/mol. The van der Waals surface area contributed by atoms with Crippen LogP contribution in [0.2, 0.25) is 0 Å². The molecule has 1 aromatic rings. The highest BCUT2D eigenvalue weighted by molar-refractivity contribution is 14.1. The Bertz CT molecular complexity index is 476. The van der Waals surface area contributed by atoms with Crippen LogP contribution in [0, 0.1) is 5.92 Å². The molecular weight excluding hydrogens is 353 g/mol. The van der Waals surface area contributed by atoms with Gasteiger partial charge in [-0.3, -0.25) is 9.69 Å². The van der Waals surface area contributed by atoms with Gasteiger partial charge >= 0.3 is 5.97 Å². The molecule has 0 spiro atoms. The molecule has 4 heteroatoms. The molecule has 2 fully saturated rings. The number of esters is 1. The van der Waals surface area contributed by atoms with Gasteiger partial charge in [-0.2, -0.15) is 0 Å². The molecule has 0 radical (unpaired) electrons. The lowest BCUT2D eigenvalue weighted by atomic mass is 9.81. The summed E-state index contributed by atoms with van der Waals surface area (Å²) >= 11 is 2.12. The van der Waals surface area contributed by atoms with E-state index in [4.69, 9.17) is 4.74 Å². The number of hydrogen-bond acceptors (Lipinski definition) is 3. The van der Waals surface area contributed by atoms with E-state index < -0.39 is 5.60 Å². The third kappa shape index (κ3) is 2.29.